The minimum absolute atomic E-state index is 0. The van der Waals surface area contributed by atoms with Crippen LogP contribution in [-0.4, -0.2) is 26.0 Å². The van der Waals surface area contributed by atoms with Crippen molar-refractivity contribution in [3.63, 3.8) is 0 Å². The summed E-state index contributed by atoms with van der Waals surface area (Å²) in [6, 6.07) is 0. The summed E-state index contributed by atoms with van der Waals surface area (Å²) >= 11 is 0.295. The van der Waals surface area contributed by atoms with Crippen molar-refractivity contribution in [2.75, 3.05) is 12.3 Å². The van der Waals surface area contributed by atoms with Crippen LogP contribution in [0.2, 0.25) is 0 Å². The van der Waals surface area contributed by atoms with Crippen molar-refractivity contribution < 1.29 is 0 Å². The molecule has 0 saturated carbocycles. The van der Waals surface area contributed by atoms with Gasteiger partial charge >= 0.3 is 65.7 Å². The number of nitrogens with two attached hydrogens (primary N) is 2. The van der Waals surface area contributed by atoms with E-state index in [9.17, 15) is 0 Å². The van der Waals surface area contributed by atoms with Gasteiger partial charge in [-0.25, -0.2) is 0 Å². The fourth-order valence-electron chi connectivity index (χ4n) is 0.814. The van der Waals surface area contributed by atoms with Crippen LogP contribution < -0.4 is 11.5 Å². The van der Waals surface area contributed by atoms with Gasteiger partial charge in [-0.3, -0.25) is 0 Å². The number of rotatable bonds is 2. The second-order valence-corrected chi connectivity index (χ2v) is 4.44. The molecule has 0 aliphatic carbocycles. The number of hydrogen-bond acceptors (Lipinski definition) is 3. The third-order valence-electron chi connectivity index (χ3n) is 1.28. The van der Waals surface area contributed by atoms with Crippen molar-refractivity contribution in [3.05, 3.63) is 10.1 Å². The van der Waals surface area contributed by atoms with Gasteiger partial charge in [0.1, 0.15) is 0 Å². The number of hydrogen-bond donors (Lipinski definition) is 2. The molecule has 0 spiro atoms. The molecule has 0 fully saturated rings. The Morgan fingerprint density at radius 3 is 2.55 bits per heavy atom. The summed E-state index contributed by atoms with van der Waals surface area (Å²) in [6.45, 7) is 2.70. The maximum atomic E-state index is 5.54. The van der Waals surface area contributed by atoms with Crippen LogP contribution in [0.25, 0.3) is 0 Å². The first kappa shape index (κ1) is 11.2. The van der Waals surface area contributed by atoms with Crippen LogP contribution in [0.3, 0.4) is 0 Å². The third-order valence-corrected chi connectivity index (χ3v) is 3.48. The summed E-state index contributed by atoms with van der Waals surface area (Å²) in [6.07, 6.45) is 0.954. The van der Waals surface area contributed by atoms with Gasteiger partial charge in [0.15, 0.2) is 0 Å². The van der Waals surface area contributed by atoms with Crippen molar-refractivity contribution in [1.82, 2.24) is 4.98 Å². The summed E-state index contributed by atoms with van der Waals surface area (Å²) in [4.78, 5) is 4.14. The van der Waals surface area contributed by atoms with Gasteiger partial charge in [0.2, 0.25) is 0 Å². The first-order chi connectivity index (χ1) is 4.74. The fourth-order valence-corrected chi connectivity index (χ4v) is 2.59. The summed E-state index contributed by atoms with van der Waals surface area (Å²) in [5.41, 5.74) is 12.0. The van der Waals surface area contributed by atoms with Crippen molar-refractivity contribution in [3.8, 4) is 0 Å². The molecule has 0 radical (unpaired) electrons. The maximum absolute atomic E-state index is 5.54. The van der Waals surface area contributed by atoms with Crippen LogP contribution >= 0.6 is 17.0 Å². The molecule has 0 bridgehead atoms. The van der Waals surface area contributed by atoms with Crippen LogP contribution in [0.1, 0.15) is 10.1 Å². The van der Waals surface area contributed by atoms with Crippen molar-refractivity contribution in [1.29, 1.82) is 0 Å². The number of halogens is 1. The molecule has 0 saturated heterocycles. The number of aryl methyl sites for hydroxylation is 1. The van der Waals surface area contributed by atoms with Crippen molar-refractivity contribution >= 4 is 36.2 Å². The van der Waals surface area contributed by atoms with E-state index in [1.165, 1.54) is 4.44 Å². The Bertz CT molecular complexity index is 224. The van der Waals surface area contributed by atoms with Gasteiger partial charge in [-0.2, -0.15) is 0 Å². The van der Waals surface area contributed by atoms with E-state index >= 15 is 0 Å². The van der Waals surface area contributed by atoms with E-state index in [2.05, 4.69) is 4.98 Å². The molecular weight excluding hydrogens is 273 g/mol. The Kier molecular flexibility index (Phi) is 5.01. The van der Waals surface area contributed by atoms with Gasteiger partial charge in [-0.15, -0.1) is 17.0 Å². The quantitative estimate of drug-likeness (QED) is 0.758. The Morgan fingerprint density at radius 1 is 1.55 bits per heavy atom. The minimum atomic E-state index is 0. The molecular formula is C6H12BrN3Se. The molecule has 0 amide bonds. The second kappa shape index (κ2) is 4.93. The van der Waals surface area contributed by atoms with E-state index in [1.807, 2.05) is 6.92 Å². The zero-order valence-electron chi connectivity index (χ0n) is 6.33. The number of nitrogen functional groups attached to an aromatic ring is 1. The molecule has 0 atom stereocenters. The predicted octanol–water partition coefficient (Wildman–Crippen LogP) is 0.108. The first-order valence-corrected chi connectivity index (χ1v) is 4.87. The van der Waals surface area contributed by atoms with Gasteiger partial charge in [0.05, 0.1) is 0 Å². The summed E-state index contributed by atoms with van der Waals surface area (Å²) in [5.74, 6) is 0. The Hall–Kier alpha value is 0.169. The number of nitrogens with zero attached hydrogens (tertiary/aromatic N) is 1. The third kappa shape index (κ3) is 2.95. The summed E-state index contributed by atoms with van der Waals surface area (Å²) in [7, 11) is 0. The topological polar surface area (TPSA) is 64.9 Å². The molecule has 1 heterocycles. The van der Waals surface area contributed by atoms with E-state index in [0.29, 0.717) is 21.0 Å². The summed E-state index contributed by atoms with van der Waals surface area (Å²) < 4.78 is 2.14. The zero-order valence-corrected chi connectivity index (χ0v) is 9.76. The molecule has 0 unspecified atom stereocenters. The number of aromatic nitrogens is 1. The molecule has 0 aliphatic rings. The van der Waals surface area contributed by atoms with Crippen LogP contribution in [0, 0.1) is 6.92 Å². The molecule has 3 nitrogen and oxygen atoms in total. The van der Waals surface area contributed by atoms with Crippen molar-refractivity contribution in [2.24, 2.45) is 5.73 Å². The monoisotopic (exact) mass is 285 g/mol. The predicted molar refractivity (Wildman–Crippen MR) is 53.4 cm³/mol. The zero-order chi connectivity index (χ0) is 7.56. The van der Waals surface area contributed by atoms with E-state index in [-0.39, 0.29) is 17.0 Å². The molecule has 4 N–H and O–H groups in total. The van der Waals surface area contributed by atoms with E-state index in [0.717, 1.165) is 16.8 Å². The normalized spacial score (nSPS) is 9.27. The fraction of sp³-hybridized carbons (Fsp3) is 0.500. The van der Waals surface area contributed by atoms with Crippen LogP contribution in [0.4, 0.5) is 4.69 Å². The van der Waals surface area contributed by atoms with Gasteiger partial charge in [0.25, 0.3) is 0 Å². The van der Waals surface area contributed by atoms with Crippen LogP contribution in [0.15, 0.2) is 0 Å². The van der Waals surface area contributed by atoms with Gasteiger partial charge in [-0.05, 0) is 0 Å². The van der Waals surface area contributed by atoms with Gasteiger partial charge in [0, 0.05) is 0 Å². The molecule has 11 heavy (non-hydrogen) atoms. The molecule has 0 aliphatic heterocycles. The SMILES string of the molecule is Br.Cc1nc(N)[se]c1CCN. The van der Waals surface area contributed by atoms with Crippen LogP contribution in [-0.2, 0) is 6.42 Å². The molecule has 1 aromatic rings. The first-order valence-electron chi connectivity index (χ1n) is 3.16. The van der Waals surface area contributed by atoms with Gasteiger partial charge in [-0.1, -0.05) is 0 Å². The molecule has 64 valence electrons. The summed E-state index contributed by atoms with van der Waals surface area (Å²) in [5, 5.41) is 0. The van der Waals surface area contributed by atoms with Gasteiger partial charge < -0.3 is 0 Å². The van der Waals surface area contributed by atoms with Crippen molar-refractivity contribution in [2.45, 2.75) is 13.3 Å². The molecule has 1 aromatic heterocycles. The molecule has 0 aromatic carbocycles. The van der Waals surface area contributed by atoms with E-state index < -0.39 is 0 Å². The average molecular weight is 285 g/mol. The standard InChI is InChI=1S/C6H11N3Se.BrH/c1-4-5(2-3-7)10-6(8)9-4;/h2-3,7H2,1H3,(H2,8,9);1H. The van der Waals surface area contributed by atoms with E-state index in [1.54, 1.807) is 0 Å². The van der Waals surface area contributed by atoms with E-state index in [4.69, 9.17) is 11.5 Å². The Morgan fingerprint density at radius 2 is 2.18 bits per heavy atom. The Labute approximate surface area is 82.7 Å². The molecule has 5 heteroatoms. The Balaban J connectivity index is 0.000001000. The molecule has 1 rings (SSSR count). The average Bonchev–Trinajstić information content (AvgIpc) is 2.13. The van der Waals surface area contributed by atoms with Crippen LogP contribution in [0.5, 0.6) is 0 Å². The number of anilines is 1. The second-order valence-electron chi connectivity index (χ2n) is 2.10.